The van der Waals surface area contributed by atoms with E-state index in [1.807, 2.05) is 0 Å². The molecule has 0 aromatic heterocycles. The largest absolute Gasteiger partial charge is 0.469 e. The quantitative estimate of drug-likeness (QED) is 0.630. The minimum atomic E-state index is -3.86. The summed E-state index contributed by atoms with van der Waals surface area (Å²) in [4.78, 5) is 10.8. The molecule has 1 aromatic carbocycles. The first-order chi connectivity index (χ1) is 9.70. The molecule has 0 aliphatic rings. The van der Waals surface area contributed by atoms with E-state index in [9.17, 15) is 17.6 Å². The molecule has 0 aliphatic carbocycles. The fourth-order valence-corrected chi connectivity index (χ4v) is 3.25. The highest BCUT2D eigenvalue weighted by atomic mass is 32.2. The van der Waals surface area contributed by atoms with E-state index >= 15 is 0 Å². The van der Waals surface area contributed by atoms with Gasteiger partial charge in [0.05, 0.1) is 12.0 Å². The molecule has 2 N–H and O–H groups in total. The topological polar surface area (TPSA) is 89.7 Å². The van der Waals surface area contributed by atoms with E-state index in [-0.39, 0.29) is 29.1 Å². The van der Waals surface area contributed by atoms with Gasteiger partial charge in [-0.15, -0.1) is 0 Å². The zero-order valence-corrected chi connectivity index (χ0v) is 13.0. The van der Waals surface area contributed by atoms with Crippen molar-refractivity contribution in [3.05, 3.63) is 23.5 Å². The Balaban J connectivity index is 2.93. The summed E-state index contributed by atoms with van der Waals surface area (Å²) in [5.41, 5.74) is 5.56. The molecular weight excluding hydrogens is 299 g/mol. The number of esters is 1. The lowest BCUT2D eigenvalue weighted by atomic mass is 10.2. The molecule has 8 heteroatoms. The van der Waals surface area contributed by atoms with Crippen LogP contribution in [0.5, 0.6) is 0 Å². The zero-order chi connectivity index (χ0) is 16.2. The minimum absolute atomic E-state index is 0.0176. The summed E-state index contributed by atoms with van der Waals surface area (Å²) in [6, 6.07) is 2.30. The average Bonchev–Trinajstić information content (AvgIpc) is 2.42. The molecule has 0 saturated carbocycles. The average molecular weight is 318 g/mol. The van der Waals surface area contributed by atoms with Crippen LogP contribution in [0.25, 0.3) is 0 Å². The molecule has 1 aromatic rings. The molecule has 0 aliphatic heterocycles. The van der Waals surface area contributed by atoms with Crippen LogP contribution in [-0.2, 0) is 19.6 Å². The number of halogens is 1. The molecule has 21 heavy (non-hydrogen) atoms. The monoisotopic (exact) mass is 318 g/mol. The van der Waals surface area contributed by atoms with Crippen LogP contribution < -0.4 is 5.73 Å². The number of sulfonamides is 1. The summed E-state index contributed by atoms with van der Waals surface area (Å²) in [5.74, 6) is -1.08. The Morgan fingerprint density at radius 1 is 1.43 bits per heavy atom. The number of nitrogens with zero attached hydrogens (tertiary/aromatic N) is 1. The SMILES string of the molecule is COC(=O)CCCN(C)S(=O)(=O)c1cc(N)cc(F)c1C. The molecule has 0 amide bonds. The third-order valence-corrected chi connectivity index (χ3v) is 5.07. The van der Waals surface area contributed by atoms with Gasteiger partial charge in [0.25, 0.3) is 0 Å². The number of nitrogen functional groups attached to an aromatic ring is 1. The van der Waals surface area contributed by atoms with Gasteiger partial charge in [-0.2, -0.15) is 0 Å². The Labute approximate surface area is 123 Å². The first kappa shape index (κ1) is 17.4. The van der Waals surface area contributed by atoms with Crippen molar-refractivity contribution >= 4 is 21.7 Å². The molecule has 0 heterocycles. The van der Waals surface area contributed by atoms with E-state index in [0.717, 1.165) is 10.4 Å². The lowest BCUT2D eigenvalue weighted by Gasteiger charge is -2.19. The zero-order valence-electron chi connectivity index (χ0n) is 12.2. The maximum absolute atomic E-state index is 13.6. The number of anilines is 1. The van der Waals surface area contributed by atoms with Gasteiger partial charge in [0, 0.05) is 31.3 Å². The molecule has 0 bridgehead atoms. The first-order valence-corrected chi connectivity index (χ1v) is 7.73. The highest BCUT2D eigenvalue weighted by molar-refractivity contribution is 7.89. The molecule has 0 fully saturated rings. The summed E-state index contributed by atoms with van der Waals surface area (Å²) >= 11 is 0. The fraction of sp³-hybridized carbons (Fsp3) is 0.462. The molecule has 6 nitrogen and oxygen atoms in total. The first-order valence-electron chi connectivity index (χ1n) is 6.29. The van der Waals surface area contributed by atoms with Gasteiger partial charge < -0.3 is 10.5 Å². The lowest BCUT2D eigenvalue weighted by Crippen LogP contribution is -2.29. The number of nitrogens with two attached hydrogens (primary N) is 1. The molecule has 0 unspecified atom stereocenters. The summed E-state index contributed by atoms with van der Waals surface area (Å²) in [5, 5.41) is 0. The Morgan fingerprint density at radius 2 is 2.05 bits per heavy atom. The number of hydrogen-bond acceptors (Lipinski definition) is 5. The third kappa shape index (κ3) is 4.15. The molecular formula is C13H19FN2O4S. The van der Waals surface area contributed by atoms with E-state index in [0.29, 0.717) is 6.42 Å². The Kier molecular flexibility index (Phi) is 5.68. The van der Waals surface area contributed by atoms with Crippen molar-refractivity contribution < 1.29 is 22.3 Å². The van der Waals surface area contributed by atoms with Crippen molar-refractivity contribution in [3.8, 4) is 0 Å². The number of methoxy groups -OCH3 is 1. The fourth-order valence-electron chi connectivity index (χ4n) is 1.78. The predicted molar refractivity (Wildman–Crippen MR) is 76.6 cm³/mol. The summed E-state index contributed by atoms with van der Waals surface area (Å²) in [6.45, 7) is 1.50. The van der Waals surface area contributed by atoms with Crippen LogP contribution in [0.4, 0.5) is 10.1 Å². The maximum Gasteiger partial charge on any atom is 0.305 e. The van der Waals surface area contributed by atoms with Crippen LogP contribution in [0, 0.1) is 12.7 Å². The van der Waals surface area contributed by atoms with Crippen molar-refractivity contribution in [2.24, 2.45) is 0 Å². The minimum Gasteiger partial charge on any atom is -0.469 e. The van der Waals surface area contributed by atoms with Gasteiger partial charge in [0.15, 0.2) is 0 Å². The van der Waals surface area contributed by atoms with Crippen molar-refractivity contribution in [1.82, 2.24) is 4.31 Å². The van der Waals surface area contributed by atoms with E-state index in [4.69, 9.17) is 5.73 Å². The summed E-state index contributed by atoms with van der Waals surface area (Å²) < 4.78 is 43.9. The molecule has 1 rings (SSSR count). The van der Waals surface area contributed by atoms with Crippen molar-refractivity contribution in [3.63, 3.8) is 0 Å². The Morgan fingerprint density at radius 3 is 2.62 bits per heavy atom. The number of benzene rings is 1. The van der Waals surface area contributed by atoms with Crippen LogP contribution in [0.1, 0.15) is 18.4 Å². The smallest absolute Gasteiger partial charge is 0.305 e. The number of carbonyl (C=O) groups excluding carboxylic acids is 1. The van der Waals surface area contributed by atoms with Gasteiger partial charge in [-0.05, 0) is 25.5 Å². The van der Waals surface area contributed by atoms with Crippen molar-refractivity contribution in [1.29, 1.82) is 0 Å². The summed E-state index contributed by atoms with van der Waals surface area (Å²) in [6.07, 6.45) is 0.423. The molecule has 0 spiro atoms. The van der Waals surface area contributed by atoms with Gasteiger partial charge in [0.2, 0.25) is 10.0 Å². The van der Waals surface area contributed by atoms with Crippen LogP contribution in [-0.4, -0.2) is 39.4 Å². The second-order valence-electron chi connectivity index (χ2n) is 4.63. The van der Waals surface area contributed by atoms with E-state index in [2.05, 4.69) is 4.74 Å². The Hall–Kier alpha value is -1.67. The maximum atomic E-state index is 13.6. The normalized spacial score (nSPS) is 11.7. The van der Waals surface area contributed by atoms with E-state index in [1.165, 1.54) is 27.1 Å². The van der Waals surface area contributed by atoms with Gasteiger partial charge in [-0.25, -0.2) is 17.1 Å². The van der Waals surface area contributed by atoms with Gasteiger partial charge in [-0.3, -0.25) is 4.79 Å². The second kappa shape index (κ2) is 6.86. The number of hydrogen-bond donors (Lipinski definition) is 1. The van der Waals surface area contributed by atoms with Gasteiger partial charge in [0.1, 0.15) is 5.82 Å². The highest BCUT2D eigenvalue weighted by Gasteiger charge is 2.24. The van der Waals surface area contributed by atoms with Crippen LogP contribution in [0.3, 0.4) is 0 Å². The third-order valence-electron chi connectivity index (χ3n) is 3.09. The van der Waals surface area contributed by atoms with Gasteiger partial charge >= 0.3 is 5.97 Å². The lowest BCUT2D eigenvalue weighted by molar-refractivity contribution is -0.140. The highest BCUT2D eigenvalue weighted by Crippen LogP contribution is 2.24. The van der Waals surface area contributed by atoms with Crippen LogP contribution in [0.2, 0.25) is 0 Å². The number of ether oxygens (including phenoxy) is 1. The molecule has 0 atom stereocenters. The van der Waals surface area contributed by atoms with Gasteiger partial charge in [-0.1, -0.05) is 0 Å². The Bertz CT molecular complexity index is 631. The van der Waals surface area contributed by atoms with Crippen LogP contribution >= 0.6 is 0 Å². The molecule has 118 valence electrons. The standard InChI is InChI=1S/C13H19FN2O4S/c1-9-11(14)7-10(15)8-12(9)21(18,19)16(2)6-4-5-13(17)20-3/h7-8H,4-6,15H2,1-3H3. The molecule has 0 radical (unpaired) electrons. The van der Waals surface area contributed by atoms with Crippen molar-refractivity contribution in [2.45, 2.75) is 24.7 Å². The van der Waals surface area contributed by atoms with Crippen molar-refractivity contribution in [2.75, 3.05) is 26.4 Å². The second-order valence-corrected chi connectivity index (χ2v) is 6.65. The summed E-state index contributed by atoms with van der Waals surface area (Å²) in [7, 11) is -1.22. The van der Waals surface area contributed by atoms with E-state index < -0.39 is 21.8 Å². The predicted octanol–water partition coefficient (Wildman–Crippen LogP) is 1.29. The molecule has 0 saturated heterocycles. The number of carbonyl (C=O) groups is 1. The van der Waals surface area contributed by atoms with Crippen LogP contribution in [0.15, 0.2) is 17.0 Å². The van der Waals surface area contributed by atoms with E-state index in [1.54, 1.807) is 0 Å². The number of rotatable bonds is 6.